The summed E-state index contributed by atoms with van der Waals surface area (Å²) in [6.07, 6.45) is 2.16. The van der Waals surface area contributed by atoms with Crippen LogP contribution in [0, 0.1) is 4.77 Å². The minimum Gasteiger partial charge on any atom is -0.504 e. The molecule has 1 aliphatic rings. The van der Waals surface area contributed by atoms with Gasteiger partial charge in [0, 0.05) is 13.0 Å². The Hall–Kier alpha value is -2.81. The van der Waals surface area contributed by atoms with Crippen molar-refractivity contribution in [3.8, 4) is 17.4 Å². The number of hydrogen-bond acceptors (Lipinski definition) is 7. The Balaban J connectivity index is 1.91. The van der Waals surface area contributed by atoms with Crippen LogP contribution >= 0.6 is 12.2 Å². The van der Waals surface area contributed by atoms with E-state index in [1.807, 2.05) is 6.92 Å². The van der Waals surface area contributed by atoms with Crippen LogP contribution in [-0.2, 0) is 6.54 Å². The van der Waals surface area contributed by atoms with Crippen LogP contribution in [0.4, 0.5) is 0 Å². The number of nitrogens with zero attached hydrogens (tertiary/aromatic N) is 2. The molecule has 1 aromatic carbocycles. The van der Waals surface area contributed by atoms with Gasteiger partial charge in [0.05, 0.1) is 18.9 Å². The van der Waals surface area contributed by atoms with E-state index in [0.29, 0.717) is 24.4 Å². The van der Waals surface area contributed by atoms with Crippen molar-refractivity contribution < 1.29 is 14.9 Å². The molecule has 0 amide bonds. The Morgan fingerprint density at radius 3 is 2.89 bits per heavy atom. The molecular weight excluding hydrogens is 368 g/mol. The minimum atomic E-state index is -0.463. The van der Waals surface area contributed by atoms with Gasteiger partial charge in [-0.15, -0.1) is 0 Å². The summed E-state index contributed by atoms with van der Waals surface area (Å²) in [7, 11) is 1.48. The molecule has 2 aromatic rings. The van der Waals surface area contributed by atoms with Crippen LogP contribution in [-0.4, -0.2) is 32.6 Å². The molecule has 144 valence electrons. The van der Waals surface area contributed by atoms with Crippen molar-refractivity contribution in [1.82, 2.24) is 15.0 Å². The van der Waals surface area contributed by atoms with Gasteiger partial charge in [0.15, 0.2) is 16.3 Å². The highest BCUT2D eigenvalue weighted by molar-refractivity contribution is 7.71. The average molecular weight is 390 g/mol. The maximum absolute atomic E-state index is 12.4. The van der Waals surface area contributed by atoms with Crippen molar-refractivity contribution in [2.45, 2.75) is 38.8 Å². The Labute approximate surface area is 161 Å². The zero-order valence-electron chi connectivity index (χ0n) is 15.2. The summed E-state index contributed by atoms with van der Waals surface area (Å²) in [6, 6.07) is 4.80. The van der Waals surface area contributed by atoms with Gasteiger partial charge in [-0.25, -0.2) is 0 Å². The molecule has 0 aliphatic carbocycles. The summed E-state index contributed by atoms with van der Waals surface area (Å²) in [5.41, 5.74) is 3.93. The van der Waals surface area contributed by atoms with Gasteiger partial charge in [-0.1, -0.05) is 19.4 Å². The summed E-state index contributed by atoms with van der Waals surface area (Å²) in [4.78, 5) is 15.0. The summed E-state index contributed by atoms with van der Waals surface area (Å²) < 4.78 is 6.85. The van der Waals surface area contributed by atoms with Crippen LogP contribution in [0.3, 0.4) is 0 Å². The number of hydrazone groups is 1. The zero-order valence-corrected chi connectivity index (χ0v) is 16.0. The molecule has 4 N–H and O–H groups in total. The topological polar surface area (TPSA) is 112 Å². The van der Waals surface area contributed by atoms with Gasteiger partial charge in [-0.2, -0.15) is 5.10 Å². The highest BCUT2D eigenvalue weighted by atomic mass is 32.1. The van der Waals surface area contributed by atoms with Crippen LogP contribution in [0.5, 0.6) is 17.4 Å². The van der Waals surface area contributed by atoms with Crippen LogP contribution < -0.4 is 15.7 Å². The molecule has 0 bridgehead atoms. The number of unbranched alkanes of at least 4 members (excludes halogenated alkanes) is 1. The van der Waals surface area contributed by atoms with Gasteiger partial charge < -0.3 is 20.4 Å². The first-order valence-corrected chi connectivity index (χ1v) is 9.12. The van der Waals surface area contributed by atoms with E-state index in [9.17, 15) is 15.0 Å². The molecule has 1 aliphatic heterocycles. The van der Waals surface area contributed by atoms with Gasteiger partial charge in [0.1, 0.15) is 5.56 Å². The first-order chi connectivity index (χ1) is 13.0. The predicted octanol–water partition coefficient (Wildman–Crippen LogP) is 2.56. The van der Waals surface area contributed by atoms with Gasteiger partial charge in [-0.3, -0.25) is 14.3 Å². The molecule has 0 saturated carbocycles. The fourth-order valence-electron chi connectivity index (χ4n) is 3.05. The Morgan fingerprint density at radius 1 is 1.41 bits per heavy atom. The SMILES string of the molecule is CCCCn1c(O)c(C2=NNC(c3ccc(O)c(OC)c3)C2)c(=O)[nH]c1=S. The standard InChI is InChI=1S/C18H22N4O4S/c1-3-4-7-22-17(25)15(16(24)19-18(22)27)12-9-11(20-21-12)10-5-6-13(23)14(8-10)26-2/h5-6,8,11,20,23,25H,3-4,7,9H2,1-2H3,(H,19,24,27). The van der Waals surface area contributed by atoms with Gasteiger partial charge >= 0.3 is 0 Å². The number of ether oxygens (including phenoxy) is 1. The first-order valence-electron chi connectivity index (χ1n) is 8.71. The molecule has 8 nitrogen and oxygen atoms in total. The van der Waals surface area contributed by atoms with E-state index in [2.05, 4.69) is 15.5 Å². The maximum atomic E-state index is 12.4. The molecule has 27 heavy (non-hydrogen) atoms. The fourth-order valence-corrected chi connectivity index (χ4v) is 3.32. The smallest absolute Gasteiger partial charge is 0.264 e. The van der Waals surface area contributed by atoms with Crippen LogP contribution in [0.2, 0.25) is 0 Å². The lowest BCUT2D eigenvalue weighted by Crippen LogP contribution is -2.22. The lowest BCUT2D eigenvalue weighted by atomic mass is 9.99. The second-order valence-electron chi connectivity index (χ2n) is 6.34. The van der Waals surface area contributed by atoms with Crippen LogP contribution in [0.15, 0.2) is 28.1 Å². The molecule has 2 heterocycles. The molecule has 9 heteroatoms. The molecular formula is C18H22N4O4S. The number of hydrogen-bond donors (Lipinski definition) is 4. The maximum Gasteiger partial charge on any atom is 0.264 e. The van der Waals surface area contributed by atoms with Crippen molar-refractivity contribution in [1.29, 1.82) is 0 Å². The van der Waals surface area contributed by atoms with Crippen molar-refractivity contribution in [3.63, 3.8) is 0 Å². The van der Waals surface area contributed by atoms with Gasteiger partial charge in [0.2, 0.25) is 5.88 Å². The van der Waals surface area contributed by atoms with E-state index in [1.54, 1.807) is 18.2 Å². The monoisotopic (exact) mass is 390 g/mol. The van der Waals surface area contributed by atoms with Crippen LogP contribution in [0.1, 0.15) is 43.4 Å². The third-order valence-corrected chi connectivity index (χ3v) is 4.88. The summed E-state index contributed by atoms with van der Waals surface area (Å²) in [5.74, 6) is 0.241. The zero-order chi connectivity index (χ0) is 19.6. The number of aromatic nitrogens is 2. The molecule has 1 atom stereocenters. The number of nitrogens with one attached hydrogen (secondary N) is 2. The lowest BCUT2D eigenvalue weighted by molar-refractivity contribution is 0.372. The van der Waals surface area contributed by atoms with Crippen LogP contribution in [0.25, 0.3) is 0 Å². The predicted molar refractivity (Wildman–Crippen MR) is 104 cm³/mol. The molecule has 0 saturated heterocycles. The largest absolute Gasteiger partial charge is 0.504 e. The Bertz CT molecular complexity index is 996. The summed E-state index contributed by atoms with van der Waals surface area (Å²) in [6.45, 7) is 2.55. The number of benzene rings is 1. The Morgan fingerprint density at radius 2 is 2.19 bits per heavy atom. The number of H-pyrrole nitrogens is 1. The molecule has 1 unspecified atom stereocenters. The number of aromatic amines is 1. The Kier molecular flexibility index (Phi) is 5.50. The minimum absolute atomic E-state index is 0.0486. The molecule has 1 aromatic heterocycles. The number of aromatic hydroxyl groups is 2. The second kappa shape index (κ2) is 7.83. The molecule has 0 fully saturated rings. The van der Waals surface area contributed by atoms with E-state index in [4.69, 9.17) is 17.0 Å². The van der Waals surface area contributed by atoms with E-state index < -0.39 is 5.56 Å². The van der Waals surface area contributed by atoms with E-state index >= 15 is 0 Å². The van der Waals surface area contributed by atoms with Crippen molar-refractivity contribution >= 4 is 17.9 Å². The van der Waals surface area contributed by atoms with Crippen molar-refractivity contribution in [2.75, 3.05) is 7.11 Å². The molecule has 0 radical (unpaired) electrons. The second-order valence-corrected chi connectivity index (χ2v) is 6.73. The van der Waals surface area contributed by atoms with Crippen molar-refractivity contribution in [3.05, 3.63) is 44.5 Å². The highest BCUT2D eigenvalue weighted by Gasteiger charge is 2.27. The average Bonchev–Trinajstić information content (AvgIpc) is 3.11. The third kappa shape index (κ3) is 3.68. The number of phenolic OH excluding ortho intramolecular Hbond substituents is 1. The lowest BCUT2D eigenvalue weighted by Gasteiger charge is -2.13. The number of rotatable bonds is 6. The van der Waals surface area contributed by atoms with Gasteiger partial charge in [-0.05, 0) is 36.3 Å². The molecule has 0 spiro atoms. The summed E-state index contributed by atoms with van der Waals surface area (Å²) >= 11 is 5.17. The van der Waals surface area contributed by atoms with Gasteiger partial charge in [0.25, 0.3) is 5.56 Å². The van der Waals surface area contributed by atoms with E-state index in [-0.39, 0.29) is 28.0 Å². The van der Waals surface area contributed by atoms with Crippen molar-refractivity contribution in [2.24, 2.45) is 5.10 Å². The van der Waals surface area contributed by atoms with E-state index in [1.165, 1.54) is 11.7 Å². The number of methoxy groups -OCH3 is 1. The quantitative estimate of drug-likeness (QED) is 0.564. The normalized spacial score (nSPS) is 16.1. The third-order valence-electron chi connectivity index (χ3n) is 4.55. The summed E-state index contributed by atoms with van der Waals surface area (Å²) in [5, 5.41) is 24.6. The van der Waals surface area contributed by atoms with E-state index in [0.717, 1.165) is 18.4 Å². The molecule has 3 rings (SSSR count). The first kappa shape index (κ1) is 19.0. The fraction of sp³-hybridized carbons (Fsp3) is 0.389. The number of phenols is 1. The highest BCUT2D eigenvalue weighted by Crippen LogP contribution is 2.32.